The molecular formula is C20H17F4N3O2. The Morgan fingerprint density at radius 3 is 2.55 bits per heavy atom. The first kappa shape index (κ1) is 20.4. The molecule has 0 saturated heterocycles. The second-order valence-corrected chi connectivity index (χ2v) is 6.31. The van der Waals surface area contributed by atoms with Gasteiger partial charge in [-0.1, -0.05) is 30.3 Å². The number of halogens is 4. The molecule has 2 aromatic carbocycles. The SMILES string of the molecule is C[C@@H](OC(=O)Nc1c(-c2ccccc2F)cnn1C)c1cccc(C(F)(F)F)c1. The molecule has 0 radical (unpaired) electrons. The summed E-state index contributed by atoms with van der Waals surface area (Å²) in [5, 5.41) is 6.50. The minimum atomic E-state index is -4.50. The Morgan fingerprint density at radius 2 is 1.86 bits per heavy atom. The first-order valence-corrected chi connectivity index (χ1v) is 8.58. The quantitative estimate of drug-likeness (QED) is 0.577. The van der Waals surface area contributed by atoms with Crippen molar-refractivity contribution in [2.45, 2.75) is 19.2 Å². The molecule has 9 heteroatoms. The number of hydrogen-bond acceptors (Lipinski definition) is 3. The van der Waals surface area contributed by atoms with Crippen LogP contribution in [0.1, 0.15) is 24.2 Å². The molecule has 152 valence electrons. The van der Waals surface area contributed by atoms with E-state index < -0.39 is 29.8 Å². The van der Waals surface area contributed by atoms with Gasteiger partial charge in [0.1, 0.15) is 17.7 Å². The average Bonchev–Trinajstić information content (AvgIpc) is 3.02. The van der Waals surface area contributed by atoms with Gasteiger partial charge in [0, 0.05) is 18.2 Å². The van der Waals surface area contributed by atoms with Crippen molar-refractivity contribution in [1.82, 2.24) is 9.78 Å². The normalized spacial score (nSPS) is 12.5. The topological polar surface area (TPSA) is 56.1 Å². The number of carbonyl (C=O) groups is 1. The first-order valence-electron chi connectivity index (χ1n) is 8.58. The van der Waals surface area contributed by atoms with Gasteiger partial charge in [0.25, 0.3) is 0 Å². The van der Waals surface area contributed by atoms with E-state index in [0.29, 0.717) is 5.56 Å². The minimum Gasteiger partial charge on any atom is -0.441 e. The van der Waals surface area contributed by atoms with E-state index >= 15 is 0 Å². The molecule has 0 aliphatic heterocycles. The maximum absolute atomic E-state index is 14.1. The van der Waals surface area contributed by atoms with E-state index in [2.05, 4.69) is 10.4 Å². The van der Waals surface area contributed by atoms with E-state index in [1.165, 1.54) is 48.1 Å². The van der Waals surface area contributed by atoms with Crippen LogP contribution in [0.15, 0.2) is 54.7 Å². The van der Waals surface area contributed by atoms with Crippen LogP contribution in [0.2, 0.25) is 0 Å². The monoisotopic (exact) mass is 407 g/mol. The number of nitrogens with zero attached hydrogens (tertiary/aromatic N) is 2. The number of alkyl halides is 3. The van der Waals surface area contributed by atoms with Gasteiger partial charge in [-0.3, -0.25) is 10.00 Å². The van der Waals surface area contributed by atoms with Crippen LogP contribution in [-0.2, 0) is 18.0 Å². The number of benzene rings is 2. The van der Waals surface area contributed by atoms with Crippen molar-refractivity contribution in [2.24, 2.45) is 7.05 Å². The highest BCUT2D eigenvalue weighted by Crippen LogP contribution is 2.32. The van der Waals surface area contributed by atoms with Crippen molar-refractivity contribution < 1.29 is 27.1 Å². The summed E-state index contributed by atoms with van der Waals surface area (Å²) in [4.78, 5) is 12.3. The zero-order valence-corrected chi connectivity index (χ0v) is 15.5. The lowest BCUT2D eigenvalue weighted by Gasteiger charge is -2.16. The second kappa shape index (κ2) is 7.94. The maximum Gasteiger partial charge on any atom is 0.416 e. The molecule has 0 fully saturated rings. The Morgan fingerprint density at radius 1 is 1.14 bits per heavy atom. The lowest BCUT2D eigenvalue weighted by atomic mass is 10.1. The Bertz CT molecular complexity index is 1030. The zero-order valence-electron chi connectivity index (χ0n) is 15.5. The highest BCUT2D eigenvalue weighted by atomic mass is 19.4. The fourth-order valence-electron chi connectivity index (χ4n) is 2.79. The fourth-order valence-corrected chi connectivity index (χ4v) is 2.79. The van der Waals surface area contributed by atoms with E-state index in [4.69, 9.17) is 4.74 Å². The van der Waals surface area contributed by atoms with Gasteiger partial charge in [0.2, 0.25) is 0 Å². The van der Waals surface area contributed by atoms with Crippen LogP contribution in [0.3, 0.4) is 0 Å². The molecule has 1 heterocycles. The first-order chi connectivity index (χ1) is 13.7. The average molecular weight is 407 g/mol. The lowest BCUT2D eigenvalue weighted by molar-refractivity contribution is -0.137. The lowest BCUT2D eigenvalue weighted by Crippen LogP contribution is -2.18. The number of anilines is 1. The second-order valence-electron chi connectivity index (χ2n) is 6.31. The molecule has 0 bridgehead atoms. The van der Waals surface area contributed by atoms with Crippen LogP contribution in [0.5, 0.6) is 0 Å². The van der Waals surface area contributed by atoms with Crippen molar-refractivity contribution in [3.63, 3.8) is 0 Å². The van der Waals surface area contributed by atoms with Crippen LogP contribution in [0.25, 0.3) is 11.1 Å². The Hall–Kier alpha value is -3.36. The third-order valence-electron chi connectivity index (χ3n) is 4.29. The van der Waals surface area contributed by atoms with E-state index in [1.807, 2.05) is 0 Å². The van der Waals surface area contributed by atoms with E-state index in [-0.39, 0.29) is 16.9 Å². The molecule has 0 aliphatic rings. The predicted octanol–water partition coefficient (Wildman–Crippen LogP) is 5.55. The van der Waals surface area contributed by atoms with Crippen molar-refractivity contribution in [3.8, 4) is 11.1 Å². The van der Waals surface area contributed by atoms with Gasteiger partial charge in [0.15, 0.2) is 0 Å². The molecule has 1 N–H and O–H groups in total. The molecule has 0 unspecified atom stereocenters. The van der Waals surface area contributed by atoms with Crippen LogP contribution in [0.4, 0.5) is 28.2 Å². The standard InChI is InChI=1S/C20H17F4N3O2/c1-12(13-6-5-7-14(10-13)20(22,23)24)29-19(28)26-18-16(11-25-27(18)2)15-8-3-4-9-17(15)21/h3-12H,1-2H3,(H,26,28)/t12-/m1/s1. The van der Waals surface area contributed by atoms with Gasteiger partial charge >= 0.3 is 12.3 Å². The molecule has 0 saturated carbocycles. The largest absolute Gasteiger partial charge is 0.441 e. The number of aryl methyl sites for hydroxylation is 1. The van der Waals surface area contributed by atoms with E-state index in [9.17, 15) is 22.4 Å². The Labute approximate surface area is 163 Å². The van der Waals surface area contributed by atoms with Crippen LogP contribution in [-0.4, -0.2) is 15.9 Å². The molecule has 5 nitrogen and oxygen atoms in total. The number of nitrogens with one attached hydrogen (secondary N) is 1. The van der Waals surface area contributed by atoms with E-state index in [0.717, 1.165) is 12.1 Å². The van der Waals surface area contributed by atoms with E-state index in [1.54, 1.807) is 13.1 Å². The highest BCUT2D eigenvalue weighted by Gasteiger charge is 2.31. The van der Waals surface area contributed by atoms with Gasteiger partial charge in [-0.05, 0) is 30.7 Å². The third kappa shape index (κ3) is 4.56. The summed E-state index contributed by atoms with van der Waals surface area (Å²) in [6.45, 7) is 1.45. The van der Waals surface area contributed by atoms with Gasteiger partial charge in [0.05, 0.1) is 11.8 Å². The Balaban J connectivity index is 1.77. The van der Waals surface area contributed by atoms with Crippen LogP contribution >= 0.6 is 0 Å². The predicted molar refractivity (Wildman–Crippen MR) is 98.6 cm³/mol. The summed E-state index contributed by atoms with van der Waals surface area (Å²) in [7, 11) is 1.55. The summed E-state index contributed by atoms with van der Waals surface area (Å²) in [5.41, 5.74) is -0.0651. The molecule has 0 spiro atoms. The smallest absolute Gasteiger partial charge is 0.416 e. The maximum atomic E-state index is 14.1. The fraction of sp³-hybridized carbons (Fsp3) is 0.200. The van der Waals surface area contributed by atoms with Crippen LogP contribution in [0, 0.1) is 5.82 Å². The number of carbonyl (C=O) groups excluding carboxylic acids is 1. The van der Waals surface area contributed by atoms with Gasteiger partial charge in [-0.2, -0.15) is 18.3 Å². The van der Waals surface area contributed by atoms with Crippen molar-refractivity contribution in [1.29, 1.82) is 0 Å². The zero-order chi connectivity index (χ0) is 21.2. The van der Waals surface area contributed by atoms with Gasteiger partial charge < -0.3 is 4.74 Å². The third-order valence-corrected chi connectivity index (χ3v) is 4.29. The number of amides is 1. The van der Waals surface area contributed by atoms with Crippen molar-refractivity contribution in [3.05, 3.63) is 71.7 Å². The summed E-state index contributed by atoms with van der Waals surface area (Å²) < 4.78 is 59.2. The molecule has 1 amide bonds. The number of aromatic nitrogens is 2. The number of ether oxygens (including phenoxy) is 1. The van der Waals surface area contributed by atoms with Gasteiger partial charge in [-0.25, -0.2) is 9.18 Å². The molecule has 3 rings (SSSR count). The summed E-state index contributed by atoms with van der Waals surface area (Å²) in [5.74, 6) is -0.300. The summed E-state index contributed by atoms with van der Waals surface area (Å²) in [6.07, 6.45) is -4.95. The molecule has 3 aromatic rings. The molecule has 0 aliphatic carbocycles. The number of rotatable bonds is 4. The van der Waals surface area contributed by atoms with Crippen molar-refractivity contribution in [2.75, 3.05) is 5.32 Å². The van der Waals surface area contributed by atoms with Crippen LogP contribution < -0.4 is 5.32 Å². The summed E-state index contributed by atoms with van der Waals surface area (Å²) >= 11 is 0. The molecule has 1 aromatic heterocycles. The molecular weight excluding hydrogens is 390 g/mol. The number of hydrogen-bond donors (Lipinski definition) is 1. The minimum absolute atomic E-state index is 0.189. The van der Waals surface area contributed by atoms with Crippen molar-refractivity contribution >= 4 is 11.9 Å². The molecule has 1 atom stereocenters. The summed E-state index contributed by atoms with van der Waals surface area (Å²) in [6, 6.07) is 10.5. The molecule has 29 heavy (non-hydrogen) atoms. The van der Waals surface area contributed by atoms with Gasteiger partial charge in [-0.15, -0.1) is 0 Å². The highest BCUT2D eigenvalue weighted by molar-refractivity contribution is 5.90. The Kier molecular flexibility index (Phi) is 5.58.